The number of anilines is 1. The van der Waals surface area contributed by atoms with Crippen LogP contribution in [0.25, 0.3) is 22.2 Å². The second-order valence-corrected chi connectivity index (χ2v) is 6.43. The van der Waals surface area contributed by atoms with Crippen LogP contribution in [0.15, 0.2) is 61.2 Å². The summed E-state index contributed by atoms with van der Waals surface area (Å²) in [5.74, 6) is 0.407. The van der Waals surface area contributed by atoms with Gasteiger partial charge in [0.25, 0.3) is 0 Å². The number of carbonyl (C=O) groups excluding carboxylic acids is 1. The number of esters is 1. The van der Waals surface area contributed by atoms with Crippen molar-refractivity contribution in [2.75, 3.05) is 19.5 Å². The maximum absolute atomic E-state index is 12.7. The van der Waals surface area contributed by atoms with Gasteiger partial charge in [0.1, 0.15) is 29.3 Å². The molecule has 0 bridgehead atoms. The summed E-state index contributed by atoms with van der Waals surface area (Å²) in [6.07, 6.45) is 1.50. The Morgan fingerprint density at radius 2 is 1.83 bits per heavy atom. The van der Waals surface area contributed by atoms with E-state index in [9.17, 15) is 4.79 Å². The first-order valence-corrected chi connectivity index (χ1v) is 9.08. The Kier molecular flexibility index (Phi) is 4.87. The molecule has 146 valence electrons. The summed E-state index contributed by atoms with van der Waals surface area (Å²) < 4.78 is 12.5. The number of rotatable bonds is 6. The number of aromatic nitrogens is 3. The van der Waals surface area contributed by atoms with Gasteiger partial charge in [-0.15, -0.1) is 0 Å². The molecule has 0 saturated heterocycles. The third-order valence-electron chi connectivity index (χ3n) is 4.65. The van der Waals surface area contributed by atoms with Gasteiger partial charge in [0.15, 0.2) is 5.65 Å². The van der Waals surface area contributed by atoms with Gasteiger partial charge in [-0.25, -0.2) is 14.8 Å². The fraction of sp³-hybridized carbons (Fsp3) is 0.136. The highest BCUT2D eigenvalue weighted by Gasteiger charge is 2.25. The Morgan fingerprint density at radius 3 is 2.55 bits per heavy atom. The van der Waals surface area contributed by atoms with Crippen LogP contribution in [0, 0.1) is 0 Å². The molecule has 2 heterocycles. The quantitative estimate of drug-likeness (QED) is 0.401. The molecule has 4 rings (SSSR count). The van der Waals surface area contributed by atoms with E-state index < -0.39 is 5.97 Å². The van der Waals surface area contributed by atoms with Gasteiger partial charge < -0.3 is 19.8 Å². The van der Waals surface area contributed by atoms with Crippen molar-refractivity contribution in [3.63, 3.8) is 0 Å². The number of nitrogens with zero attached hydrogens (tertiary/aromatic N) is 3. The molecule has 0 aliphatic heterocycles. The van der Waals surface area contributed by atoms with Crippen molar-refractivity contribution < 1.29 is 14.3 Å². The molecular formula is C22H20N4O3. The van der Waals surface area contributed by atoms with Crippen molar-refractivity contribution in [3.8, 4) is 5.75 Å². The first kappa shape index (κ1) is 18.5. The van der Waals surface area contributed by atoms with Crippen LogP contribution in [0.5, 0.6) is 5.75 Å². The van der Waals surface area contributed by atoms with Gasteiger partial charge in [0.05, 0.1) is 24.7 Å². The molecule has 2 N–H and O–H groups in total. The zero-order valence-corrected chi connectivity index (χ0v) is 16.0. The topological polar surface area (TPSA) is 92.3 Å². The Labute approximate surface area is 167 Å². The molecule has 0 radical (unpaired) electrons. The molecular weight excluding hydrogens is 368 g/mol. The summed E-state index contributed by atoms with van der Waals surface area (Å²) in [6.45, 7) is 4.03. The summed E-state index contributed by atoms with van der Waals surface area (Å²) in [5, 5.41) is 0. The van der Waals surface area contributed by atoms with Crippen molar-refractivity contribution in [1.29, 1.82) is 0 Å². The number of para-hydroxylation sites is 3. The van der Waals surface area contributed by atoms with Gasteiger partial charge in [-0.1, -0.05) is 43.0 Å². The van der Waals surface area contributed by atoms with Crippen LogP contribution in [0.3, 0.4) is 0 Å². The predicted octanol–water partition coefficient (Wildman–Crippen LogP) is 3.57. The molecule has 4 aromatic rings. The van der Waals surface area contributed by atoms with Crippen molar-refractivity contribution >= 4 is 34.0 Å². The minimum atomic E-state index is -0.559. The maximum atomic E-state index is 12.7. The van der Waals surface area contributed by atoms with Gasteiger partial charge in [-0.2, -0.15) is 0 Å². The lowest BCUT2D eigenvalue weighted by molar-refractivity contribution is 0.0553. The molecule has 0 saturated carbocycles. The van der Waals surface area contributed by atoms with Crippen molar-refractivity contribution in [2.45, 2.75) is 6.54 Å². The number of benzene rings is 2. The SMILES string of the molecule is C=CCOC(=O)c1c(N)n(Cc2ccccc2OC)c2nc3ccccc3nc12. The van der Waals surface area contributed by atoms with E-state index >= 15 is 0 Å². The molecule has 2 aromatic carbocycles. The number of hydrogen-bond acceptors (Lipinski definition) is 6. The van der Waals surface area contributed by atoms with Crippen LogP contribution in [0.1, 0.15) is 15.9 Å². The van der Waals surface area contributed by atoms with Crippen LogP contribution in [0.4, 0.5) is 5.82 Å². The standard InChI is InChI=1S/C22H20N4O3/c1-3-12-29-22(27)18-19-21(25-16-10-6-5-9-15(16)24-19)26(20(18)23)13-14-8-4-7-11-17(14)28-2/h3-11H,1,12-13,23H2,2H3. The van der Waals surface area contributed by atoms with E-state index in [2.05, 4.69) is 11.6 Å². The zero-order valence-electron chi connectivity index (χ0n) is 16.0. The van der Waals surface area contributed by atoms with Gasteiger partial charge >= 0.3 is 5.97 Å². The summed E-state index contributed by atoms with van der Waals surface area (Å²) in [4.78, 5) is 22.1. The van der Waals surface area contributed by atoms with E-state index in [-0.39, 0.29) is 18.0 Å². The van der Waals surface area contributed by atoms with E-state index in [1.807, 2.05) is 48.5 Å². The lowest BCUT2D eigenvalue weighted by Crippen LogP contribution is -2.10. The monoisotopic (exact) mass is 388 g/mol. The minimum absolute atomic E-state index is 0.0818. The fourth-order valence-electron chi connectivity index (χ4n) is 3.29. The number of methoxy groups -OCH3 is 1. The molecule has 0 amide bonds. The second kappa shape index (κ2) is 7.63. The third kappa shape index (κ3) is 3.27. The Balaban J connectivity index is 1.95. The van der Waals surface area contributed by atoms with Crippen LogP contribution < -0.4 is 10.5 Å². The normalized spacial score (nSPS) is 10.9. The second-order valence-electron chi connectivity index (χ2n) is 6.43. The minimum Gasteiger partial charge on any atom is -0.496 e. The van der Waals surface area contributed by atoms with Gasteiger partial charge in [0, 0.05) is 5.56 Å². The van der Waals surface area contributed by atoms with Gasteiger partial charge in [0.2, 0.25) is 0 Å². The largest absolute Gasteiger partial charge is 0.496 e. The molecule has 0 aliphatic carbocycles. The Morgan fingerprint density at radius 1 is 1.14 bits per heavy atom. The smallest absolute Gasteiger partial charge is 0.344 e. The molecule has 29 heavy (non-hydrogen) atoms. The maximum Gasteiger partial charge on any atom is 0.344 e. The fourth-order valence-corrected chi connectivity index (χ4v) is 3.29. The third-order valence-corrected chi connectivity index (χ3v) is 4.65. The number of carbonyl (C=O) groups is 1. The van der Waals surface area contributed by atoms with Gasteiger partial charge in [-0.3, -0.25) is 0 Å². The number of nitrogen functional groups attached to an aromatic ring is 1. The zero-order chi connectivity index (χ0) is 20.4. The van der Waals surface area contributed by atoms with Crippen molar-refractivity contribution in [3.05, 3.63) is 72.3 Å². The van der Waals surface area contributed by atoms with E-state index in [1.165, 1.54) is 6.08 Å². The first-order valence-electron chi connectivity index (χ1n) is 9.08. The molecule has 0 unspecified atom stereocenters. The number of nitrogens with two attached hydrogens (primary N) is 1. The number of fused-ring (bicyclic) bond motifs is 2. The average Bonchev–Trinajstić information content (AvgIpc) is 3.01. The van der Waals surface area contributed by atoms with E-state index in [1.54, 1.807) is 11.7 Å². The summed E-state index contributed by atoms with van der Waals surface area (Å²) in [5.41, 5.74) is 9.82. The molecule has 0 fully saturated rings. The van der Waals surface area contributed by atoms with Crippen LogP contribution in [-0.4, -0.2) is 34.2 Å². The predicted molar refractivity (Wildman–Crippen MR) is 112 cm³/mol. The lowest BCUT2D eigenvalue weighted by Gasteiger charge is -2.11. The Bertz CT molecular complexity index is 1230. The van der Waals surface area contributed by atoms with Gasteiger partial charge in [-0.05, 0) is 18.2 Å². The van der Waals surface area contributed by atoms with E-state index in [0.717, 1.165) is 11.3 Å². The Hall–Kier alpha value is -3.87. The van der Waals surface area contributed by atoms with Crippen LogP contribution in [0.2, 0.25) is 0 Å². The molecule has 7 nitrogen and oxygen atoms in total. The van der Waals surface area contributed by atoms with Crippen LogP contribution >= 0.6 is 0 Å². The number of hydrogen-bond donors (Lipinski definition) is 1. The molecule has 2 aromatic heterocycles. The summed E-state index contributed by atoms with van der Waals surface area (Å²) >= 11 is 0. The van der Waals surface area contributed by atoms with E-state index in [0.29, 0.717) is 28.7 Å². The molecule has 0 atom stereocenters. The summed E-state index contributed by atoms with van der Waals surface area (Å²) in [7, 11) is 1.61. The number of ether oxygens (including phenoxy) is 2. The summed E-state index contributed by atoms with van der Waals surface area (Å²) in [6, 6.07) is 15.1. The van der Waals surface area contributed by atoms with Crippen molar-refractivity contribution in [2.24, 2.45) is 0 Å². The average molecular weight is 388 g/mol. The van der Waals surface area contributed by atoms with Crippen LogP contribution in [-0.2, 0) is 11.3 Å². The molecule has 0 spiro atoms. The highest BCUT2D eigenvalue weighted by Crippen LogP contribution is 2.30. The first-order chi connectivity index (χ1) is 14.1. The molecule has 7 heteroatoms. The van der Waals surface area contributed by atoms with Crippen molar-refractivity contribution in [1.82, 2.24) is 14.5 Å². The lowest BCUT2D eigenvalue weighted by atomic mass is 10.2. The van der Waals surface area contributed by atoms with E-state index in [4.69, 9.17) is 20.2 Å². The molecule has 0 aliphatic rings. The highest BCUT2D eigenvalue weighted by atomic mass is 16.5. The highest BCUT2D eigenvalue weighted by molar-refractivity contribution is 6.08.